The highest BCUT2D eigenvalue weighted by Gasteiger charge is 2.47. The summed E-state index contributed by atoms with van der Waals surface area (Å²) < 4.78 is 5.67. The minimum atomic E-state index is -0.794. The van der Waals surface area contributed by atoms with E-state index in [1.165, 1.54) is 0 Å². The average Bonchev–Trinajstić information content (AvgIpc) is 3.11. The summed E-state index contributed by atoms with van der Waals surface area (Å²) in [5.41, 5.74) is 1.80. The Morgan fingerprint density at radius 2 is 2.00 bits per heavy atom. The van der Waals surface area contributed by atoms with E-state index >= 15 is 0 Å². The first-order valence-electron chi connectivity index (χ1n) is 8.05. The highest BCUT2D eigenvalue weighted by atomic mass is 16.4. The number of hydrogen-bond acceptors (Lipinski definition) is 3. The smallest absolute Gasteiger partial charge is 0.308 e. The summed E-state index contributed by atoms with van der Waals surface area (Å²) in [6.45, 7) is 2.80. The number of benzene rings is 1. The maximum absolute atomic E-state index is 12.7. The van der Waals surface area contributed by atoms with E-state index in [0.717, 1.165) is 23.8 Å². The Labute approximate surface area is 133 Å². The molecule has 2 fully saturated rings. The van der Waals surface area contributed by atoms with Crippen molar-refractivity contribution in [1.29, 1.82) is 0 Å². The molecule has 1 aliphatic carbocycles. The lowest BCUT2D eigenvalue weighted by atomic mass is 9.92. The van der Waals surface area contributed by atoms with Crippen molar-refractivity contribution in [3.63, 3.8) is 0 Å². The Hall–Kier alpha value is -2.30. The van der Waals surface area contributed by atoms with Gasteiger partial charge in [0.15, 0.2) is 5.76 Å². The number of carbonyl (C=O) groups is 2. The third-order valence-corrected chi connectivity index (χ3v) is 5.08. The Morgan fingerprint density at radius 3 is 2.70 bits per heavy atom. The molecule has 4 rings (SSSR count). The zero-order chi connectivity index (χ0) is 16.1. The van der Waals surface area contributed by atoms with E-state index in [1.54, 1.807) is 11.0 Å². The maximum Gasteiger partial charge on any atom is 0.308 e. The van der Waals surface area contributed by atoms with Gasteiger partial charge in [0.25, 0.3) is 5.91 Å². The number of carboxylic acid groups (broad SMARTS) is 1. The number of rotatable bonds is 3. The fourth-order valence-corrected chi connectivity index (χ4v) is 3.68. The van der Waals surface area contributed by atoms with E-state index < -0.39 is 11.9 Å². The monoisotopic (exact) mass is 313 g/mol. The van der Waals surface area contributed by atoms with Crippen molar-refractivity contribution in [2.75, 3.05) is 13.1 Å². The number of fused-ring (bicyclic) bond motifs is 1. The van der Waals surface area contributed by atoms with Gasteiger partial charge in [-0.3, -0.25) is 9.59 Å². The van der Waals surface area contributed by atoms with Crippen LogP contribution in [-0.2, 0) is 4.79 Å². The molecule has 2 aromatic rings. The van der Waals surface area contributed by atoms with E-state index in [9.17, 15) is 14.7 Å². The number of likely N-dealkylation sites (tertiary alicyclic amines) is 1. The molecule has 1 amide bonds. The van der Waals surface area contributed by atoms with E-state index in [4.69, 9.17) is 4.42 Å². The van der Waals surface area contributed by atoms with Crippen LogP contribution in [0.25, 0.3) is 11.0 Å². The summed E-state index contributed by atoms with van der Waals surface area (Å²) >= 11 is 0. The number of aryl methyl sites for hydroxylation is 1. The number of furan rings is 1. The van der Waals surface area contributed by atoms with Crippen LogP contribution in [0.4, 0.5) is 0 Å². The maximum atomic E-state index is 12.7. The largest absolute Gasteiger partial charge is 0.481 e. The van der Waals surface area contributed by atoms with Gasteiger partial charge in [-0.05, 0) is 49.8 Å². The van der Waals surface area contributed by atoms with Crippen LogP contribution in [0.5, 0.6) is 0 Å². The second-order valence-electron chi connectivity index (χ2n) is 6.81. The topological polar surface area (TPSA) is 70.8 Å². The van der Waals surface area contributed by atoms with Crippen LogP contribution < -0.4 is 0 Å². The molecule has 1 aromatic carbocycles. The minimum absolute atomic E-state index is 0.0862. The number of nitrogens with zero attached hydrogens (tertiary/aromatic N) is 1. The molecule has 1 saturated heterocycles. The number of amides is 1. The number of carboxylic acids is 1. The van der Waals surface area contributed by atoms with E-state index in [0.29, 0.717) is 23.8 Å². The fourth-order valence-electron chi connectivity index (χ4n) is 3.68. The third kappa shape index (κ3) is 2.50. The fraction of sp³-hybridized carbons (Fsp3) is 0.444. The van der Waals surface area contributed by atoms with Crippen LogP contribution >= 0.6 is 0 Å². The van der Waals surface area contributed by atoms with Crippen LogP contribution in [0.1, 0.15) is 29.0 Å². The molecule has 120 valence electrons. The molecule has 1 N–H and O–H groups in total. The van der Waals surface area contributed by atoms with E-state index in [1.807, 2.05) is 25.1 Å². The van der Waals surface area contributed by atoms with Gasteiger partial charge in [0, 0.05) is 18.5 Å². The molecule has 5 nitrogen and oxygen atoms in total. The quantitative estimate of drug-likeness (QED) is 0.946. The number of carbonyl (C=O) groups excluding carboxylic acids is 1. The van der Waals surface area contributed by atoms with Gasteiger partial charge in [0.2, 0.25) is 0 Å². The van der Waals surface area contributed by atoms with Gasteiger partial charge in [-0.1, -0.05) is 11.6 Å². The summed E-state index contributed by atoms with van der Waals surface area (Å²) in [4.78, 5) is 25.8. The first kappa shape index (κ1) is 14.3. The minimum Gasteiger partial charge on any atom is -0.481 e. The molecule has 0 bridgehead atoms. The summed E-state index contributed by atoms with van der Waals surface area (Å²) in [6, 6.07) is 7.54. The molecular weight excluding hydrogens is 294 g/mol. The molecule has 2 atom stereocenters. The Balaban J connectivity index is 1.59. The second-order valence-corrected chi connectivity index (χ2v) is 6.81. The van der Waals surface area contributed by atoms with Gasteiger partial charge in [0.05, 0.1) is 5.92 Å². The van der Waals surface area contributed by atoms with Crippen LogP contribution in [0.15, 0.2) is 28.7 Å². The molecule has 1 saturated carbocycles. The van der Waals surface area contributed by atoms with Crippen molar-refractivity contribution in [2.45, 2.75) is 19.8 Å². The van der Waals surface area contributed by atoms with Crippen molar-refractivity contribution in [2.24, 2.45) is 17.8 Å². The number of aliphatic carboxylic acids is 1. The Bertz CT molecular complexity index is 789. The highest BCUT2D eigenvalue weighted by Crippen LogP contribution is 2.44. The molecule has 23 heavy (non-hydrogen) atoms. The van der Waals surface area contributed by atoms with Crippen LogP contribution in [-0.4, -0.2) is 35.0 Å². The first-order chi connectivity index (χ1) is 11.0. The summed E-state index contributed by atoms with van der Waals surface area (Å²) in [6.07, 6.45) is 2.17. The van der Waals surface area contributed by atoms with Crippen molar-refractivity contribution < 1.29 is 19.1 Å². The Morgan fingerprint density at radius 1 is 1.22 bits per heavy atom. The molecule has 1 aliphatic heterocycles. The summed E-state index contributed by atoms with van der Waals surface area (Å²) in [5, 5.41) is 10.3. The molecular formula is C18H19NO4. The van der Waals surface area contributed by atoms with Crippen molar-refractivity contribution >= 4 is 22.8 Å². The standard InChI is InChI=1S/C18H19NO4/c1-10-2-5-15-12(6-10)7-16(23-15)17(20)19-8-13(11-3-4-11)14(9-19)18(21)22/h2,5-7,11,13-14H,3-4,8-9H2,1H3,(H,21,22)/t13-,14+/m1/s1. The SMILES string of the molecule is Cc1ccc2oc(C(=O)N3C[C@H](C(=O)O)[C@@H](C4CC4)C3)cc2c1. The molecule has 5 heteroatoms. The van der Waals surface area contributed by atoms with E-state index in [-0.39, 0.29) is 18.4 Å². The lowest BCUT2D eigenvalue weighted by Crippen LogP contribution is -2.29. The zero-order valence-corrected chi connectivity index (χ0v) is 13.0. The predicted octanol–water partition coefficient (Wildman–Crippen LogP) is 2.92. The zero-order valence-electron chi connectivity index (χ0n) is 13.0. The molecule has 1 aromatic heterocycles. The van der Waals surface area contributed by atoms with Gasteiger partial charge in [0.1, 0.15) is 5.58 Å². The molecule has 0 spiro atoms. The van der Waals surface area contributed by atoms with Crippen molar-refractivity contribution in [3.8, 4) is 0 Å². The van der Waals surface area contributed by atoms with E-state index in [2.05, 4.69) is 0 Å². The van der Waals surface area contributed by atoms with Gasteiger partial charge < -0.3 is 14.4 Å². The second kappa shape index (κ2) is 5.11. The first-order valence-corrected chi connectivity index (χ1v) is 8.05. The van der Waals surface area contributed by atoms with Crippen LogP contribution in [0.3, 0.4) is 0 Å². The highest BCUT2D eigenvalue weighted by molar-refractivity contribution is 5.96. The van der Waals surface area contributed by atoms with Gasteiger partial charge in [-0.2, -0.15) is 0 Å². The van der Waals surface area contributed by atoms with Crippen LogP contribution in [0, 0.1) is 24.7 Å². The normalized spacial score (nSPS) is 24.3. The van der Waals surface area contributed by atoms with Gasteiger partial charge >= 0.3 is 5.97 Å². The molecule has 2 aliphatic rings. The van der Waals surface area contributed by atoms with Crippen LogP contribution in [0.2, 0.25) is 0 Å². The average molecular weight is 313 g/mol. The molecule has 0 unspecified atom stereocenters. The predicted molar refractivity (Wildman–Crippen MR) is 84.2 cm³/mol. The lowest BCUT2D eigenvalue weighted by molar-refractivity contribution is -0.142. The van der Waals surface area contributed by atoms with Crippen molar-refractivity contribution in [3.05, 3.63) is 35.6 Å². The number of hydrogen-bond donors (Lipinski definition) is 1. The van der Waals surface area contributed by atoms with Gasteiger partial charge in [-0.25, -0.2) is 0 Å². The molecule has 2 heterocycles. The molecule has 0 radical (unpaired) electrons. The summed E-state index contributed by atoms with van der Waals surface area (Å²) in [5.74, 6) is -0.592. The summed E-state index contributed by atoms with van der Waals surface area (Å²) in [7, 11) is 0. The third-order valence-electron chi connectivity index (χ3n) is 5.08. The lowest BCUT2D eigenvalue weighted by Gasteiger charge is -2.14. The Kier molecular flexibility index (Phi) is 3.18. The van der Waals surface area contributed by atoms with Crippen molar-refractivity contribution in [1.82, 2.24) is 4.90 Å². The van der Waals surface area contributed by atoms with Gasteiger partial charge in [-0.15, -0.1) is 0 Å².